The maximum atomic E-state index is 13.1. The van der Waals surface area contributed by atoms with Gasteiger partial charge in [0.1, 0.15) is 0 Å². The van der Waals surface area contributed by atoms with Crippen LogP contribution in [0.3, 0.4) is 0 Å². The van der Waals surface area contributed by atoms with E-state index in [1.54, 1.807) is 10.9 Å². The molecule has 0 spiro atoms. The van der Waals surface area contributed by atoms with Crippen LogP contribution in [0.25, 0.3) is 0 Å². The lowest BCUT2D eigenvalue weighted by Gasteiger charge is -2.41. The van der Waals surface area contributed by atoms with Crippen molar-refractivity contribution in [2.24, 2.45) is 7.05 Å². The summed E-state index contributed by atoms with van der Waals surface area (Å²) in [5.41, 5.74) is 2.10. The van der Waals surface area contributed by atoms with Crippen LogP contribution in [0, 0.1) is 0 Å². The van der Waals surface area contributed by atoms with Gasteiger partial charge in [0, 0.05) is 44.1 Å². The summed E-state index contributed by atoms with van der Waals surface area (Å²) in [6.07, 6.45) is 9.78. The Morgan fingerprint density at radius 1 is 1.25 bits per heavy atom. The number of nitrogens with one attached hydrogen (secondary N) is 1. The van der Waals surface area contributed by atoms with Crippen LogP contribution >= 0.6 is 0 Å². The highest BCUT2D eigenvalue weighted by Gasteiger charge is 2.36. The van der Waals surface area contributed by atoms with Gasteiger partial charge in [-0.3, -0.25) is 19.5 Å². The lowest BCUT2D eigenvalue weighted by Crippen LogP contribution is -2.54. The van der Waals surface area contributed by atoms with Gasteiger partial charge in [-0.25, -0.2) is 0 Å². The van der Waals surface area contributed by atoms with Crippen LogP contribution in [-0.4, -0.2) is 56.5 Å². The Morgan fingerprint density at radius 3 is 2.88 bits per heavy atom. The summed E-state index contributed by atoms with van der Waals surface area (Å²) in [5.74, 6) is 0.669. The molecule has 7 nitrogen and oxygen atoms in total. The van der Waals surface area contributed by atoms with E-state index in [9.17, 15) is 4.79 Å². The number of aromatic nitrogens is 4. The van der Waals surface area contributed by atoms with Gasteiger partial charge >= 0.3 is 0 Å². The largest absolute Gasteiger partial charge is 0.308 e. The normalized spacial score (nSPS) is 26.0. The molecule has 2 fully saturated rings. The molecule has 4 rings (SSSR count). The molecule has 24 heavy (non-hydrogen) atoms. The minimum absolute atomic E-state index is 0.00956. The molecule has 2 atom stereocenters. The SMILES string of the molecule is Cn1cc(N2CCC[C@H](N3CCC[C@H](c4ccn[nH]4)C3)C2=O)cn1. The second-order valence-corrected chi connectivity index (χ2v) is 6.87. The van der Waals surface area contributed by atoms with E-state index in [2.05, 4.69) is 26.3 Å². The molecule has 2 aromatic rings. The Bertz CT molecular complexity index is 694. The van der Waals surface area contributed by atoms with Gasteiger partial charge in [-0.2, -0.15) is 10.2 Å². The smallest absolute Gasteiger partial charge is 0.244 e. The Hall–Kier alpha value is -2.15. The van der Waals surface area contributed by atoms with Crippen molar-refractivity contribution in [3.05, 3.63) is 30.4 Å². The second kappa shape index (κ2) is 6.39. The molecule has 0 aromatic carbocycles. The zero-order valence-corrected chi connectivity index (χ0v) is 14.1. The average Bonchev–Trinajstić information content (AvgIpc) is 3.27. The highest BCUT2D eigenvalue weighted by Crippen LogP contribution is 2.30. The van der Waals surface area contributed by atoms with E-state index in [0.717, 1.165) is 51.0 Å². The summed E-state index contributed by atoms with van der Waals surface area (Å²) in [5, 5.41) is 11.4. The number of rotatable bonds is 3. The third kappa shape index (κ3) is 2.84. The van der Waals surface area contributed by atoms with Crippen molar-refractivity contribution in [1.82, 2.24) is 24.9 Å². The number of aryl methyl sites for hydroxylation is 1. The van der Waals surface area contributed by atoms with E-state index >= 15 is 0 Å². The minimum Gasteiger partial charge on any atom is -0.308 e. The summed E-state index contributed by atoms with van der Waals surface area (Å²) in [6, 6.07) is 2.04. The third-order valence-corrected chi connectivity index (χ3v) is 5.27. The van der Waals surface area contributed by atoms with Crippen molar-refractivity contribution in [3.63, 3.8) is 0 Å². The van der Waals surface area contributed by atoms with E-state index in [1.165, 1.54) is 5.69 Å². The van der Waals surface area contributed by atoms with Crippen LogP contribution < -0.4 is 4.90 Å². The standard InChI is InChI=1S/C17H24N6O/c1-21-12-14(10-19-21)23-9-3-5-16(17(23)24)22-8-2-4-13(11-22)15-6-7-18-20-15/h6-7,10,12-13,16H,2-5,8-9,11H2,1H3,(H,18,20)/t13-,16-/m0/s1. The Labute approximate surface area is 141 Å². The fourth-order valence-corrected chi connectivity index (χ4v) is 4.04. The molecule has 0 unspecified atom stereocenters. The van der Waals surface area contributed by atoms with Gasteiger partial charge in [-0.1, -0.05) is 0 Å². The maximum absolute atomic E-state index is 13.1. The summed E-state index contributed by atoms with van der Waals surface area (Å²) < 4.78 is 1.75. The number of carbonyl (C=O) groups excluding carboxylic acids is 1. The fraction of sp³-hybridized carbons (Fsp3) is 0.588. The summed E-state index contributed by atoms with van der Waals surface area (Å²) in [7, 11) is 1.88. The number of nitrogens with zero attached hydrogens (tertiary/aromatic N) is 5. The van der Waals surface area contributed by atoms with Gasteiger partial charge in [-0.05, 0) is 38.3 Å². The first kappa shape index (κ1) is 15.4. The topological polar surface area (TPSA) is 70.1 Å². The molecule has 0 aliphatic carbocycles. The van der Waals surface area contributed by atoms with E-state index in [4.69, 9.17) is 0 Å². The van der Waals surface area contributed by atoms with Gasteiger partial charge < -0.3 is 4.90 Å². The first-order valence-corrected chi connectivity index (χ1v) is 8.76. The van der Waals surface area contributed by atoms with Crippen molar-refractivity contribution in [2.45, 2.75) is 37.6 Å². The summed E-state index contributed by atoms with van der Waals surface area (Å²) in [6.45, 7) is 2.72. The Kier molecular flexibility index (Phi) is 4.10. The van der Waals surface area contributed by atoms with Crippen molar-refractivity contribution in [2.75, 3.05) is 24.5 Å². The van der Waals surface area contributed by atoms with Crippen LogP contribution in [0.4, 0.5) is 5.69 Å². The number of hydrogen-bond acceptors (Lipinski definition) is 4. The van der Waals surface area contributed by atoms with Crippen molar-refractivity contribution in [1.29, 1.82) is 0 Å². The lowest BCUT2D eigenvalue weighted by molar-refractivity contribution is -0.125. The van der Waals surface area contributed by atoms with E-state index in [1.807, 2.05) is 24.3 Å². The molecule has 0 saturated carbocycles. The molecule has 2 saturated heterocycles. The minimum atomic E-state index is -0.00956. The number of aromatic amines is 1. The van der Waals surface area contributed by atoms with Gasteiger partial charge in [0.25, 0.3) is 0 Å². The van der Waals surface area contributed by atoms with E-state index in [-0.39, 0.29) is 11.9 Å². The predicted molar refractivity (Wildman–Crippen MR) is 90.7 cm³/mol. The molecule has 7 heteroatoms. The van der Waals surface area contributed by atoms with Crippen LogP contribution in [-0.2, 0) is 11.8 Å². The molecule has 1 N–H and O–H groups in total. The molecule has 2 aliphatic heterocycles. The van der Waals surface area contributed by atoms with Crippen LogP contribution in [0.5, 0.6) is 0 Å². The molecule has 4 heterocycles. The Morgan fingerprint density at radius 2 is 2.12 bits per heavy atom. The third-order valence-electron chi connectivity index (χ3n) is 5.27. The van der Waals surface area contributed by atoms with Crippen LogP contribution in [0.2, 0.25) is 0 Å². The number of carbonyl (C=O) groups is 1. The molecular weight excluding hydrogens is 304 g/mol. The highest BCUT2D eigenvalue weighted by molar-refractivity contribution is 5.97. The molecule has 0 radical (unpaired) electrons. The van der Waals surface area contributed by atoms with Gasteiger partial charge in [0.2, 0.25) is 5.91 Å². The molecule has 128 valence electrons. The van der Waals surface area contributed by atoms with E-state index in [0.29, 0.717) is 5.92 Å². The first-order chi connectivity index (χ1) is 11.7. The second-order valence-electron chi connectivity index (χ2n) is 6.87. The predicted octanol–water partition coefficient (Wildman–Crippen LogP) is 1.52. The van der Waals surface area contributed by atoms with Crippen LogP contribution in [0.15, 0.2) is 24.7 Å². The first-order valence-electron chi connectivity index (χ1n) is 8.76. The molecule has 0 bridgehead atoms. The monoisotopic (exact) mass is 328 g/mol. The van der Waals surface area contributed by atoms with Crippen molar-refractivity contribution in [3.8, 4) is 0 Å². The lowest BCUT2D eigenvalue weighted by atomic mass is 9.92. The quantitative estimate of drug-likeness (QED) is 0.927. The molecule has 2 aromatic heterocycles. The average molecular weight is 328 g/mol. The zero-order valence-electron chi connectivity index (χ0n) is 14.1. The van der Waals surface area contributed by atoms with Crippen molar-refractivity contribution >= 4 is 11.6 Å². The van der Waals surface area contributed by atoms with Crippen molar-refractivity contribution < 1.29 is 4.79 Å². The molecule has 1 amide bonds. The number of amides is 1. The fourth-order valence-electron chi connectivity index (χ4n) is 4.04. The Balaban J connectivity index is 1.49. The highest BCUT2D eigenvalue weighted by atomic mass is 16.2. The number of likely N-dealkylation sites (tertiary alicyclic amines) is 1. The number of piperidine rings is 2. The maximum Gasteiger partial charge on any atom is 0.244 e. The number of H-pyrrole nitrogens is 1. The van der Waals surface area contributed by atoms with Gasteiger partial charge in [0.05, 0.1) is 17.9 Å². The van der Waals surface area contributed by atoms with Gasteiger partial charge in [0.15, 0.2) is 0 Å². The summed E-state index contributed by atoms with van der Waals surface area (Å²) >= 11 is 0. The number of hydrogen-bond donors (Lipinski definition) is 1. The number of anilines is 1. The van der Waals surface area contributed by atoms with Gasteiger partial charge in [-0.15, -0.1) is 0 Å². The summed E-state index contributed by atoms with van der Waals surface area (Å²) in [4.78, 5) is 17.3. The molecule has 2 aliphatic rings. The zero-order chi connectivity index (χ0) is 16.5. The van der Waals surface area contributed by atoms with E-state index < -0.39 is 0 Å². The molecular formula is C17H24N6O. The van der Waals surface area contributed by atoms with Crippen LogP contribution in [0.1, 0.15) is 37.3 Å².